The van der Waals surface area contributed by atoms with Crippen molar-refractivity contribution in [3.63, 3.8) is 0 Å². The third-order valence-corrected chi connectivity index (χ3v) is 1.92. The van der Waals surface area contributed by atoms with Crippen LogP contribution in [0.15, 0.2) is 12.4 Å². The summed E-state index contributed by atoms with van der Waals surface area (Å²) in [6.07, 6.45) is 4.60. The van der Waals surface area contributed by atoms with Crippen LogP contribution in [0.4, 0.5) is 5.82 Å². The third-order valence-electron chi connectivity index (χ3n) is 1.92. The minimum Gasteiger partial charge on any atom is -0.359 e. The summed E-state index contributed by atoms with van der Waals surface area (Å²) in [5, 5.41) is 0. The van der Waals surface area contributed by atoms with Crippen molar-refractivity contribution in [2.75, 3.05) is 18.5 Å². The molecular formula is C9H15N3. The van der Waals surface area contributed by atoms with Gasteiger partial charge >= 0.3 is 0 Å². The molecule has 0 aliphatic heterocycles. The lowest BCUT2D eigenvalue weighted by atomic mass is 10.3. The van der Waals surface area contributed by atoms with E-state index in [1.165, 1.54) is 0 Å². The van der Waals surface area contributed by atoms with Crippen molar-refractivity contribution < 1.29 is 0 Å². The molecule has 0 N–H and O–H groups in total. The molecule has 0 atom stereocenters. The minimum atomic E-state index is 0.940. The molecule has 0 fully saturated rings. The second kappa shape index (κ2) is 4.04. The molecule has 0 bridgehead atoms. The number of anilines is 1. The Labute approximate surface area is 73.5 Å². The number of aromatic nitrogens is 2. The first kappa shape index (κ1) is 8.97. The second-order valence-corrected chi connectivity index (χ2v) is 2.73. The first-order valence-electron chi connectivity index (χ1n) is 4.30. The van der Waals surface area contributed by atoms with Crippen molar-refractivity contribution in [1.82, 2.24) is 9.97 Å². The average Bonchev–Trinajstić information content (AvgIpc) is 2.17. The van der Waals surface area contributed by atoms with E-state index in [1.807, 2.05) is 19.4 Å². The summed E-state index contributed by atoms with van der Waals surface area (Å²) in [5.41, 5.74) is 1.04. The van der Waals surface area contributed by atoms with Crippen LogP contribution in [-0.2, 0) is 6.42 Å². The van der Waals surface area contributed by atoms with E-state index >= 15 is 0 Å². The maximum absolute atomic E-state index is 4.28. The fourth-order valence-electron chi connectivity index (χ4n) is 0.890. The highest BCUT2D eigenvalue weighted by molar-refractivity contribution is 5.33. The van der Waals surface area contributed by atoms with Gasteiger partial charge in [-0.1, -0.05) is 6.92 Å². The van der Waals surface area contributed by atoms with Crippen molar-refractivity contribution in [1.29, 1.82) is 0 Å². The van der Waals surface area contributed by atoms with Gasteiger partial charge in [0.25, 0.3) is 0 Å². The van der Waals surface area contributed by atoms with Crippen LogP contribution in [0.5, 0.6) is 0 Å². The Morgan fingerprint density at radius 1 is 1.25 bits per heavy atom. The second-order valence-electron chi connectivity index (χ2n) is 2.73. The predicted molar refractivity (Wildman–Crippen MR) is 50.4 cm³/mol. The maximum Gasteiger partial charge on any atom is 0.146 e. The molecule has 1 heterocycles. The number of nitrogens with zero attached hydrogens (tertiary/aromatic N) is 3. The van der Waals surface area contributed by atoms with Gasteiger partial charge in [-0.15, -0.1) is 0 Å². The van der Waals surface area contributed by atoms with Gasteiger partial charge < -0.3 is 4.90 Å². The summed E-state index contributed by atoms with van der Waals surface area (Å²) in [6, 6.07) is 0. The molecule has 0 aliphatic carbocycles. The molecule has 0 saturated heterocycles. The van der Waals surface area contributed by atoms with Crippen LogP contribution in [0, 0.1) is 0 Å². The minimum absolute atomic E-state index is 0.940. The lowest BCUT2D eigenvalue weighted by Gasteiger charge is -2.14. The van der Waals surface area contributed by atoms with E-state index in [1.54, 1.807) is 0 Å². The predicted octanol–water partition coefficient (Wildman–Crippen LogP) is 1.50. The molecule has 0 aliphatic rings. The quantitative estimate of drug-likeness (QED) is 0.679. The van der Waals surface area contributed by atoms with Crippen molar-refractivity contribution in [3.8, 4) is 0 Å². The van der Waals surface area contributed by atoms with Gasteiger partial charge in [0.05, 0.1) is 18.1 Å². The van der Waals surface area contributed by atoms with E-state index in [0.29, 0.717) is 0 Å². The standard InChI is InChI=1S/C9H15N3/c1-4-8-6-11-9(7-10-8)12(3)5-2/h6-7H,4-5H2,1-3H3. The van der Waals surface area contributed by atoms with E-state index < -0.39 is 0 Å². The van der Waals surface area contributed by atoms with Gasteiger partial charge in [0.15, 0.2) is 0 Å². The molecule has 1 aromatic rings. The van der Waals surface area contributed by atoms with Gasteiger partial charge in [0.1, 0.15) is 5.82 Å². The smallest absolute Gasteiger partial charge is 0.146 e. The Kier molecular flexibility index (Phi) is 3.02. The SMILES string of the molecule is CCc1cnc(N(C)CC)cn1. The summed E-state index contributed by atoms with van der Waals surface area (Å²) in [5.74, 6) is 0.940. The van der Waals surface area contributed by atoms with E-state index in [9.17, 15) is 0 Å². The molecule has 66 valence electrons. The molecule has 0 aromatic carbocycles. The molecule has 0 radical (unpaired) electrons. The molecule has 0 spiro atoms. The average molecular weight is 165 g/mol. The van der Waals surface area contributed by atoms with Crippen molar-refractivity contribution >= 4 is 5.82 Å². The Morgan fingerprint density at radius 2 is 2.00 bits per heavy atom. The Morgan fingerprint density at radius 3 is 2.42 bits per heavy atom. The highest BCUT2D eigenvalue weighted by Gasteiger charge is 1.98. The van der Waals surface area contributed by atoms with Crippen LogP contribution in [0.1, 0.15) is 19.5 Å². The summed E-state index contributed by atoms with van der Waals surface area (Å²) < 4.78 is 0. The van der Waals surface area contributed by atoms with E-state index in [2.05, 4.69) is 28.7 Å². The van der Waals surface area contributed by atoms with Gasteiger partial charge in [-0.25, -0.2) is 4.98 Å². The Bertz CT molecular complexity index is 230. The molecule has 0 unspecified atom stereocenters. The molecular weight excluding hydrogens is 150 g/mol. The van der Waals surface area contributed by atoms with Crippen LogP contribution in [-0.4, -0.2) is 23.6 Å². The fourth-order valence-corrected chi connectivity index (χ4v) is 0.890. The molecule has 3 nitrogen and oxygen atoms in total. The summed E-state index contributed by atoms with van der Waals surface area (Å²) in [7, 11) is 2.01. The van der Waals surface area contributed by atoms with Crippen LogP contribution < -0.4 is 4.90 Å². The highest BCUT2D eigenvalue weighted by atomic mass is 15.2. The van der Waals surface area contributed by atoms with Gasteiger partial charge in [-0.2, -0.15) is 0 Å². The topological polar surface area (TPSA) is 29.0 Å². The first-order chi connectivity index (χ1) is 5.77. The number of hydrogen-bond donors (Lipinski definition) is 0. The van der Waals surface area contributed by atoms with Gasteiger partial charge in [-0.3, -0.25) is 4.98 Å². The molecule has 3 heteroatoms. The zero-order valence-electron chi connectivity index (χ0n) is 7.91. The van der Waals surface area contributed by atoms with Crippen LogP contribution in [0.25, 0.3) is 0 Å². The largest absolute Gasteiger partial charge is 0.359 e. The van der Waals surface area contributed by atoms with Crippen molar-refractivity contribution in [2.45, 2.75) is 20.3 Å². The molecule has 0 amide bonds. The van der Waals surface area contributed by atoms with Crippen molar-refractivity contribution in [2.24, 2.45) is 0 Å². The summed E-state index contributed by atoms with van der Waals surface area (Å²) >= 11 is 0. The maximum atomic E-state index is 4.28. The van der Waals surface area contributed by atoms with E-state index in [4.69, 9.17) is 0 Å². The molecule has 1 aromatic heterocycles. The highest BCUT2D eigenvalue weighted by Crippen LogP contribution is 2.05. The third kappa shape index (κ3) is 1.94. The molecule has 12 heavy (non-hydrogen) atoms. The van der Waals surface area contributed by atoms with Crippen LogP contribution >= 0.6 is 0 Å². The Balaban J connectivity index is 2.77. The number of hydrogen-bond acceptors (Lipinski definition) is 3. The summed E-state index contributed by atoms with van der Waals surface area (Å²) in [6.45, 7) is 5.13. The van der Waals surface area contributed by atoms with Crippen LogP contribution in [0.2, 0.25) is 0 Å². The normalized spacial score (nSPS) is 9.92. The lowest BCUT2D eigenvalue weighted by molar-refractivity contribution is 0.908. The summed E-state index contributed by atoms with van der Waals surface area (Å²) in [4.78, 5) is 10.6. The fraction of sp³-hybridized carbons (Fsp3) is 0.556. The number of aryl methyl sites for hydroxylation is 1. The van der Waals surface area contributed by atoms with Gasteiger partial charge in [0, 0.05) is 13.6 Å². The first-order valence-corrected chi connectivity index (χ1v) is 4.30. The van der Waals surface area contributed by atoms with Crippen LogP contribution in [0.3, 0.4) is 0 Å². The molecule has 0 saturated carbocycles. The molecule has 1 rings (SSSR count). The van der Waals surface area contributed by atoms with Gasteiger partial charge in [-0.05, 0) is 13.3 Å². The zero-order chi connectivity index (χ0) is 8.97. The van der Waals surface area contributed by atoms with Crippen molar-refractivity contribution in [3.05, 3.63) is 18.1 Å². The van der Waals surface area contributed by atoms with Gasteiger partial charge in [0.2, 0.25) is 0 Å². The van der Waals surface area contributed by atoms with E-state index in [0.717, 1.165) is 24.5 Å². The number of rotatable bonds is 3. The Hall–Kier alpha value is -1.12. The van der Waals surface area contributed by atoms with E-state index in [-0.39, 0.29) is 0 Å². The monoisotopic (exact) mass is 165 g/mol. The zero-order valence-corrected chi connectivity index (χ0v) is 7.91. The lowest BCUT2D eigenvalue weighted by Crippen LogP contribution is -2.17.